The van der Waals surface area contributed by atoms with E-state index >= 15 is 0 Å². The summed E-state index contributed by atoms with van der Waals surface area (Å²) in [7, 11) is 0. The second-order valence-corrected chi connectivity index (χ2v) is 17.3. The summed E-state index contributed by atoms with van der Waals surface area (Å²) in [6.07, 6.45) is 0. The lowest BCUT2D eigenvalue weighted by atomic mass is 9.37. The highest BCUT2D eigenvalue weighted by Gasteiger charge is 2.44. The number of hydrogen-bond donors (Lipinski definition) is 0. The molecule has 0 N–H and O–H groups in total. The molecule has 0 amide bonds. The van der Waals surface area contributed by atoms with Crippen molar-refractivity contribution < 1.29 is 9.47 Å². The minimum Gasteiger partial charge on any atom is -0.457 e. The van der Waals surface area contributed by atoms with Crippen LogP contribution in [0.15, 0.2) is 109 Å². The molecule has 0 aliphatic carbocycles. The monoisotopic (exact) mass is 697 g/mol. The Bertz CT molecular complexity index is 2670. The van der Waals surface area contributed by atoms with E-state index in [1.54, 1.807) is 0 Å². The molecular weight excluding hydrogens is 661 g/mol. The van der Waals surface area contributed by atoms with Gasteiger partial charge in [-0.2, -0.15) is 0 Å². The second-order valence-electron chi connectivity index (χ2n) is 15.2. The van der Waals surface area contributed by atoms with Crippen LogP contribution in [0.3, 0.4) is 0 Å². The Balaban J connectivity index is 1.33. The fourth-order valence-corrected chi connectivity index (χ4v) is 10.3. The number of benzene rings is 6. The minimum atomic E-state index is -0.0433. The van der Waals surface area contributed by atoms with Gasteiger partial charge in [0.2, 0.25) is 0 Å². The number of rotatable bonds is 3. The highest BCUT2D eigenvalue weighted by atomic mass is 32.1. The van der Waals surface area contributed by atoms with E-state index in [0.717, 1.165) is 51.1 Å². The fraction of sp³-hybridized carbons (Fsp3) is 0.156. The van der Waals surface area contributed by atoms with Crippen molar-refractivity contribution in [3.05, 3.63) is 131 Å². The zero-order valence-corrected chi connectivity index (χ0v) is 31.2. The van der Waals surface area contributed by atoms with Crippen molar-refractivity contribution in [1.82, 2.24) is 0 Å². The first-order chi connectivity index (χ1) is 24.6. The van der Waals surface area contributed by atoms with Crippen LogP contribution in [0.5, 0.6) is 23.0 Å². The molecule has 0 atom stereocenters. The molecule has 0 saturated heterocycles. The van der Waals surface area contributed by atoms with E-state index in [-0.39, 0.29) is 12.1 Å². The summed E-state index contributed by atoms with van der Waals surface area (Å²) in [6.45, 7) is 13.2. The van der Waals surface area contributed by atoms with Crippen molar-refractivity contribution in [2.75, 3.05) is 4.90 Å². The van der Waals surface area contributed by atoms with Gasteiger partial charge in [0.1, 0.15) is 28.7 Å². The van der Waals surface area contributed by atoms with Crippen LogP contribution in [0.25, 0.3) is 30.3 Å². The maximum atomic E-state index is 7.25. The zero-order chi connectivity index (χ0) is 34.8. The molecule has 248 valence electrons. The van der Waals surface area contributed by atoms with E-state index in [1.165, 1.54) is 57.2 Å². The second kappa shape index (κ2) is 11.0. The highest BCUT2D eigenvalue weighted by molar-refractivity contribution is 7.33. The molecule has 0 unspecified atom stereocenters. The van der Waals surface area contributed by atoms with Gasteiger partial charge < -0.3 is 14.4 Å². The molecule has 4 heterocycles. The van der Waals surface area contributed by atoms with E-state index in [9.17, 15) is 0 Å². The Morgan fingerprint density at radius 2 is 1.22 bits per heavy atom. The molecule has 0 radical (unpaired) electrons. The molecule has 6 heteroatoms. The van der Waals surface area contributed by atoms with Gasteiger partial charge >= 0.3 is 0 Å². The van der Waals surface area contributed by atoms with Crippen LogP contribution in [0.4, 0.5) is 17.1 Å². The summed E-state index contributed by atoms with van der Waals surface area (Å²) in [6, 6.07) is 40.3. The van der Waals surface area contributed by atoms with Gasteiger partial charge in [0.25, 0.3) is 6.71 Å². The van der Waals surface area contributed by atoms with Crippen molar-refractivity contribution >= 4 is 92.4 Å². The van der Waals surface area contributed by atoms with Gasteiger partial charge in [0, 0.05) is 47.2 Å². The first kappa shape index (κ1) is 30.8. The van der Waals surface area contributed by atoms with Gasteiger partial charge in [0.05, 0.1) is 4.70 Å². The van der Waals surface area contributed by atoms with Gasteiger partial charge in [-0.15, -0.1) is 22.7 Å². The minimum absolute atomic E-state index is 0.0283. The first-order valence-electron chi connectivity index (χ1n) is 17.6. The van der Waals surface area contributed by atoms with Crippen molar-refractivity contribution in [3.63, 3.8) is 0 Å². The third-order valence-electron chi connectivity index (χ3n) is 10.5. The lowest BCUT2D eigenvalue weighted by molar-refractivity contribution is 0.468. The Kier molecular flexibility index (Phi) is 6.62. The van der Waals surface area contributed by atoms with Crippen LogP contribution in [0, 0.1) is 20.8 Å². The highest BCUT2D eigenvalue weighted by Crippen LogP contribution is 2.52. The van der Waals surface area contributed by atoms with Crippen LogP contribution < -0.4 is 30.1 Å². The Hall–Kier alpha value is -5.04. The molecule has 8 aromatic rings. The SMILES string of the molecule is Cc1ccc(N(c2ccc(C)cc2)c2c3c(cc4c2sc2ccccc24)B2c4sc5ccc(C(C)(C)C)cc5c4Oc4cc(C)cc(c42)O3)cc1. The smallest absolute Gasteiger partial charge is 0.273 e. The lowest BCUT2D eigenvalue weighted by Crippen LogP contribution is -2.56. The number of fused-ring (bicyclic) bond motifs is 9. The van der Waals surface area contributed by atoms with Gasteiger partial charge in [0.15, 0.2) is 0 Å². The van der Waals surface area contributed by atoms with Crippen LogP contribution in [-0.2, 0) is 5.41 Å². The van der Waals surface area contributed by atoms with Crippen LogP contribution in [-0.4, -0.2) is 6.71 Å². The summed E-state index contributed by atoms with van der Waals surface area (Å²) in [4.78, 5) is 2.41. The normalized spacial score (nSPS) is 13.2. The van der Waals surface area contributed by atoms with Crippen LogP contribution in [0.2, 0.25) is 0 Å². The standard InChI is InChI=1S/C45H36BNO2S2/c1-25-11-16-29(17-12-25)47(30-18-13-26(2)14-19-30)40-42-34(24-32-31-9-7-8-10-37(31)50-43(32)40)46-39-35(21-27(3)22-36(39)49-42)48-41-33-23-28(45(4,5)6)15-20-38(33)51-44(41)46/h7-24H,1-6H3. The van der Waals surface area contributed by atoms with E-state index in [4.69, 9.17) is 9.47 Å². The number of hydrogen-bond acceptors (Lipinski definition) is 5. The molecule has 6 aromatic carbocycles. The average molecular weight is 698 g/mol. The predicted octanol–water partition coefficient (Wildman–Crippen LogP) is 11.7. The predicted molar refractivity (Wildman–Crippen MR) is 220 cm³/mol. The fourth-order valence-electron chi connectivity index (χ4n) is 7.85. The maximum Gasteiger partial charge on any atom is 0.273 e. The molecule has 10 rings (SSSR count). The molecule has 0 spiro atoms. The first-order valence-corrected chi connectivity index (χ1v) is 19.2. The quantitative estimate of drug-likeness (QED) is 0.172. The van der Waals surface area contributed by atoms with Gasteiger partial charge in [-0.05, 0) is 97.4 Å². The van der Waals surface area contributed by atoms with E-state index in [1.807, 2.05) is 22.7 Å². The molecule has 51 heavy (non-hydrogen) atoms. The van der Waals surface area contributed by atoms with E-state index < -0.39 is 0 Å². The number of nitrogens with zero attached hydrogens (tertiary/aromatic N) is 1. The molecule has 2 aliphatic heterocycles. The summed E-state index contributed by atoms with van der Waals surface area (Å²) in [5.74, 6) is 3.65. The van der Waals surface area contributed by atoms with Crippen molar-refractivity contribution in [1.29, 1.82) is 0 Å². The summed E-state index contributed by atoms with van der Waals surface area (Å²) < 4.78 is 19.2. The number of ether oxygens (including phenoxy) is 2. The third kappa shape index (κ3) is 4.69. The average Bonchev–Trinajstić information content (AvgIpc) is 3.67. The van der Waals surface area contributed by atoms with Gasteiger partial charge in [-0.1, -0.05) is 86.5 Å². The third-order valence-corrected chi connectivity index (χ3v) is 12.9. The zero-order valence-electron chi connectivity index (χ0n) is 29.5. The van der Waals surface area contributed by atoms with E-state index in [0.29, 0.717) is 0 Å². The molecule has 3 nitrogen and oxygen atoms in total. The Morgan fingerprint density at radius 3 is 1.88 bits per heavy atom. The topological polar surface area (TPSA) is 21.7 Å². The molecule has 0 fully saturated rings. The molecular formula is C45H36BNO2S2. The molecule has 0 bridgehead atoms. The Labute approximate surface area is 306 Å². The number of anilines is 3. The molecule has 2 aliphatic rings. The Morgan fingerprint density at radius 1 is 0.588 bits per heavy atom. The summed E-state index contributed by atoms with van der Waals surface area (Å²) in [5, 5.41) is 3.70. The number of thiophene rings is 2. The van der Waals surface area contributed by atoms with Crippen molar-refractivity contribution in [3.8, 4) is 23.0 Å². The van der Waals surface area contributed by atoms with Crippen LogP contribution >= 0.6 is 22.7 Å². The summed E-state index contributed by atoms with van der Waals surface area (Å²) in [5.41, 5.74) is 10.5. The lowest BCUT2D eigenvalue weighted by Gasteiger charge is -2.35. The number of aryl methyl sites for hydroxylation is 3. The van der Waals surface area contributed by atoms with Crippen molar-refractivity contribution in [2.24, 2.45) is 0 Å². The summed E-state index contributed by atoms with van der Waals surface area (Å²) >= 11 is 3.70. The largest absolute Gasteiger partial charge is 0.457 e. The van der Waals surface area contributed by atoms with Crippen LogP contribution in [0.1, 0.15) is 43.0 Å². The van der Waals surface area contributed by atoms with Gasteiger partial charge in [-0.3, -0.25) is 0 Å². The molecule has 2 aromatic heterocycles. The van der Waals surface area contributed by atoms with Crippen molar-refractivity contribution in [2.45, 2.75) is 47.0 Å². The molecule has 0 saturated carbocycles. The van der Waals surface area contributed by atoms with Gasteiger partial charge in [-0.25, -0.2) is 0 Å². The maximum absolute atomic E-state index is 7.25. The van der Waals surface area contributed by atoms with E-state index in [2.05, 4.69) is 156 Å².